The molecule has 0 spiro atoms. The van der Waals surface area contributed by atoms with Crippen LogP contribution in [0.4, 0.5) is 0 Å². The predicted molar refractivity (Wildman–Crippen MR) is 75.1 cm³/mol. The molecule has 1 aromatic rings. The number of unbranched alkanes of at least 4 members (excludes halogenated alkanes) is 3. The number of benzene rings is 1. The van der Waals surface area contributed by atoms with Gasteiger partial charge in [-0.05, 0) is 36.0 Å². The lowest BCUT2D eigenvalue weighted by Crippen LogP contribution is -2.10. The van der Waals surface area contributed by atoms with Crippen molar-refractivity contribution in [1.29, 1.82) is 0 Å². The zero-order valence-corrected chi connectivity index (χ0v) is 11.0. The highest BCUT2D eigenvalue weighted by molar-refractivity contribution is 5.34. The number of nitrogens with two attached hydrogens (primary N) is 1. The van der Waals surface area contributed by atoms with Gasteiger partial charge >= 0.3 is 0 Å². The molecule has 2 heteroatoms. The maximum Gasteiger partial charge on any atom is 0.0725 e. The number of fused-ring (bicyclic) bond motifs is 1. The molecule has 2 rings (SSSR count). The first-order chi connectivity index (χ1) is 8.81. The quantitative estimate of drug-likeness (QED) is 0.585. The number of allylic oxidation sites excluding steroid dienone is 1. The molecule has 0 saturated heterocycles. The smallest absolute Gasteiger partial charge is 0.0725 e. The topological polar surface area (TPSA) is 35.2 Å². The zero-order valence-electron chi connectivity index (χ0n) is 11.0. The van der Waals surface area contributed by atoms with Gasteiger partial charge in [-0.1, -0.05) is 37.1 Å². The summed E-state index contributed by atoms with van der Waals surface area (Å²) in [6.45, 7) is 5.24. The molecule has 1 aliphatic rings. The van der Waals surface area contributed by atoms with Gasteiger partial charge in [0.15, 0.2) is 0 Å². The van der Waals surface area contributed by atoms with E-state index in [1.54, 1.807) is 0 Å². The summed E-state index contributed by atoms with van der Waals surface area (Å²) in [5, 5.41) is 0. The molecule has 0 bridgehead atoms. The summed E-state index contributed by atoms with van der Waals surface area (Å²) >= 11 is 0. The van der Waals surface area contributed by atoms with Crippen molar-refractivity contribution in [3.8, 4) is 0 Å². The van der Waals surface area contributed by atoms with Crippen molar-refractivity contribution < 1.29 is 4.74 Å². The Hall–Kier alpha value is -1.12. The van der Waals surface area contributed by atoms with Crippen molar-refractivity contribution in [2.75, 3.05) is 0 Å². The van der Waals surface area contributed by atoms with E-state index in [1.807, 2.05) is 6.08 Å². The Kier molecular flexibility index (Phi) is 4.97. The van der Waals surface area contributed by atoms with Gasteiger partial charge in [0.25, 0.3) is 0 Å². The molecule has 1 atom stereocenters. The van der Waals surface area contributed by atoms with Crippen LogP contribution in [0.1, 0.15) is 54.8 Å². The lowest BCUT2D eigenvalue weighted by molar-refractivity contribution is 0.134. The van der Waals surface area contributed by atoms with Crippen LogP contribution in [0.2, 0.25) is 0 Å². The number of hydrogen-bond donors (Lipinski definition) is 1. The van der Waals surface area contributed by atoms with Crippen LogP contribution in [0.15, 0.2) is 30.9 Å². The summed E-state index contributed by atoms with van der Waals surface area (Å²) < 4.78 is 5.42. The summed E-state index contributed by atoms with van der Waals surface area (Å²) in [4.78, 5) is 0. The van der Waals surface area contributed by atoms with Crippen LogP contribution in [-0.2, 0) is 18.0 Å². The zero-order chi connectivity index (χ0) is 12.8. The van der Waals surface area contributed by atoms with Gasteiger partial charge in [-0.15, -0.1) is 6.58 Å². The highest BCUT2D eigenvalue weighted by atomic mass is 16.5. The summed E-state index contributed by atoms with van der Waals surface area (Å²) in [5.74, 6) is 0. The fraction of sp³-hybridized carbons (Fsp3) is 0.500. The highest BCUT2D eigenvalue weighted by Gasteiger charge is 2.13. The maximum atomic E-state index is 6.24. The van der Waals surface area contributed by atoms with Gasteiger partial charge in [0, 0.05) is 6.04 Å². The molecule has 0 saturated carbocycles. The molecule has 2 nitrogen and oxygen atoms in total. The second-order valence-corrected chi connectivity index (χ2v) is 5.05. The summed E-state index contributed by atoms with van der Waals surface area (Å²) in [7, 11) is 0. The van der Waals surface area contributed by atoms with Crippen LogP contribution in [-0.4, -0.2) is 0 Å². The first kappa shape index (κ1) is 13.3. The van der Waals surface area contributed by atoms with E-state index < -0.39 is 0 Å². The van der Waals surface area contributed by atoms with Crippen molar-refractivity contribution in [2.24, 2.45) is 5.73 Å². The molecule has 1 aromatic carbocycles. The van der Waals surface area contributed by atoms with E-state index in [2.05, 4.69) is 24.8 Å². The Morgan fingerprint density at radius 2 is 2.06 bits per heavy atom. The van der Waals surface area contributed by atoms with Crippen molar-refractivity contribution >= 4 is 0 Å². The van der Waals surface area contributed by atoms with E-state index in [-0.39, 0.29) is 6.04 Å². The first-order valence-corrected chi connectivity index (χ1v) is 6.87. The van der Waals surface area contributed by atoms with Gasteiger partial charge in [0.1, 0.15) is 0 Å². The SMILES string of the molecule is C=CCCCCCC(N)c1ccc2c(c1)COC2. The second kappa shape index (κ2) is 6.72. The van der Waals surface area contributed by atoms with Crippen LogP contribution < -0.4 is 5.73 Å². The Bertz CT molecular complexity index is 400. The maximum absolute atomic E-state index is 6.24. The van der Waals surface area contributed by atoms with Gasteiger partial charge in [-0.2, -0.15) is 0 Å². The molecule has 0 radical (unpaired) electrons. The van der Waals surface area contributed by atoms with Crippen LogP contribution in [0.5, 0.6) is 0 Å². The fourth-order valence-electron chi connectivity index (χ4n) is 2.42. The third-order valence-electron chi connectivity index (χ3n) is 3.60. The minimum absolute atomic E-state index is 0.166. The summed E-state index contributed by atoms with van der Waals surface area (Å²) in [6, 6.07) is 6.70. The summed E-state index contributed by atoms with van der Waals surface area (Å²) in [5.41, 5.74) is 10.1. The van der Waals surface area contributed by atoms with Gasteiger partial charge in [0.05, 0.1) is 13.2 Å². The van der Waals surface area contributed by atoms with E-state index >= 15 is 0 Å². The van der Waals surface area contributed by atoms with Crippen molar-refractivity contribution in [2.45, 2.75) is 51.4 Å². The molecule has 0 aromatic heterocycles. The van der Waals surface area contributed by atoms with Gasteiger partial charge in [-0.3, -0.25) is 0 Å². The Morgan fingerprint density at radius 3 is 2.89 bits per heavy atom. The average molecular weight is 245 g/mol. The van der Waals surface area contributed by atoms with Gasteiger partial charge in [-0.25, -0.2) is 0 Å². The average Bonchev–Trinajstić information content (AvgIpc) is 2.85. The van der Waals surface area contributed by atoms with E-state index in [0.29, 0.717) is 0 Å². The third kappa shape index (κ3) is 3.44. The van der Waals surface area contributed by atoms with Crippen molar-refractivity contribution in [1.82, 2.24) is 0 Å². The second-order valence-electron chi connectivity index (χ2n) is 5.05. The Labute approximate surface area is 110 Å². The monoisotopic (exact) mass is 245 g/mol. The van der Waals surface area contributed by atoms with Crippen molar-refractivity contribution in [3.05, 3.63) is 47.5 Å². The van der Waals surface area contributed by atoms with Crippen LogP contribution in [0.3, 0.4) is 0 Å². The number of hydrogen-bond acceptors (Lipinski definition) is 2. The Balaban J connectivity index is 1.81. The standard InChI is InChI=1S/C16H23NO/c1-2-3-4-5-6-7-16(17)13-8-9-14-11-18-12-15(14)10-13/h2,8-10,16H,1,3-7,11-12,17H2. The minimum atomic E-state index is 0.166. The molecular formula is C16H23NO. The number of ether oxygens (including phenoxy) is 1. The van der Waals surface area contributed by atoms with Gasteiger partial charge in [0.2, 0.25) is 0 Å². The third-order valence-corrected chi connectivity index (χ3v) is 3.60. The molecule has 1 heterocycles. The van der Waals surface area contributed by atoms with Crippen LogP contribution in [0, 0.1) is 0 Å². The molecule has 2 N–H and O–H groups in total. The molecule has 18 heavy (non-hydrogen) atoms. The lowest BCUT2D eigenvalue weighted by Gasteiger charge is -2.13. The first-order valence-electron chi connectivity index (χ1n) is 6.87. The molecule has 1 unspecified atom stereocenters. The molecular weight excluding hydrogens is 222 g/mol. The predicted octanol–water partition coefficient (Wildman–Crippen LogP) is 3.85. The van der Waals surface area contributed by atoms with E-state index in [4.69, 9.17) is 10.5 Å². The molecule has 98 valence electrons. The summed E-state index contributed by atoms with van der Waals surface area (Å²) in [6.07, 6.45) is 7.84. The molecule has 1 aliphatic heterocycles. The fourth-order valence-corrected chi connectivity index (χ4v) is 2.42. The van der Waals surface area contributed by atoms with Gasteiger partial charge < -0.3 is 10.5 Å². The molecule has 0 amide bonds. The van der Waals surface area contributed by atoms with Crippen LogP contribution >= 0.6 is 0 Å². The normalized spacial score (nSPS) is 15.4. The van der Waals surface area contributed by atoms with E-state index in [0.717, 1.165) is 26.1 Å². The van der Waals surface area contributed by atoms with Crippen molar-refractivity contribution in [3.63, 3.8) is 0 Å². The lowest BCUT2D eigenvalue weighted by atomic mass is 9.97. The minimum Gasteiger partial charge on any atom is -0.372 e. The molecule has 0 fully saturated rings. The largest absolute Gasteiger partial charge is 0.372 e. The Morgan fingerprint density at radius 1 is 1.22 bits per heavy atom. The highest BCUT2D eigenvalue weighted by Crippen LogP contribution is 2.25. The molecule has 0 aliphatic carbocycles. The van der Waals surface area contributed by atoms with E-state index in [9.17, 15) is 0 Å². The van der Waals surface area contributed by atoms with E-state index in [1.165, 1.54) is 36.0 Å². The van der Waals surface area contributed by atoms with Crippen LogP contribution in [0.25, 0.3) is 0 Å². The number of rotatable bonds is 7.